The Morgan fingerprint density at radius 2 is 1.84 bits per heavy atom. The number of thiocarbonyl (C=S) groups is 1. The molecule has 0 saturated heterocycles. The first-order valence-corrected chi connectivity index (χ1v) is 8.33. The highest BCUT2D eigenvalue weighted by atomic mass is 35.5. The smallest absolute Gasteiger partial charge is 0.248 e. The average molecular weight is 396 g/mol. The van der Waals surface area contributed by atoms with Gasteiger partial charge in [0.2, 0.25) is 5.95 Å². The van der Waals surface area contributed by atoms with E-state index in [1.807, 2.05) is 0 Å². The average Bonchev–Trinajstić information content (AvgIpc) is 2.98. The lowest BCUT2D eigenvalue weighted by Gasteiger charge is -2.08. The van der Waals surface area contributed by atoms with Gasteiger partial charge in [0.1, 0.15) is 12.1 Å². The summed E-state index contributed by atoms with van der Waals surface area (Å²) in [6.45, 7) is 0.372. The summed E-state index contributed by atoms with van der Waals surface area (Å²) in [5.74, 6) is -0.0519. The highest BCUT2D eigenvalue weighted by Gasteiger charge is 2.09. The number of nitrogens with zero attached hydrogens (tertiary/aromatic N) is 3. The van der Waals surface area contributed by atoms with Crippen molar-refractivity contribution in [3.63, 3.8) is 0 Å². The van der Waals surface area contributed by atoms with Crippen LogP contribution in [0.4, 0.5) is 16.0 Å². The van der Waals surface area contributed by atoms with Crippen LogP contribution in [-0.2, 0) is 6.54 Å². The summed E-state index contributed by atoms with van der Waals surface area (Å²) < 4.78 is 14.8. The lowest BCUT2D eigenvalue weighted by molar-refractivity contribution is 0.628. The minimum Gasteiger partial charge on any atom is -0.332 e. The molecule has 0 amide bonds. The molecule has 0 fully saturated rings. The van der Waals surface area contributed by atoms with E-state index < -0.39 is 0 Å². The third-order valence-corrected chi connectivity index (χ3v) is 4.14. The van der Waals surface area contributed by atoms with Crippen LogP contribution in [0.1, 0.15) is 5.56 Å². The molecule has 0 radical (unpaired) electrons. The van der Waals surface area contributed by atoms with Crippen molar-refractivity contribution < 1.29 is 4.39 Å². The van der Waals surface area contributed by atoms with E-state index in [1.165, 1.54) is 18.5 Å². The zero-order valence-electron chi connectivity index (χ0n) is 12.7. The molecule has 2 aromatic carbocycles. The monoisotopic (exact) mass is 395 g/mol. The molecule has 3 rings (SSSR count). The zero-order valence-corrected chi connectivity index (χ0v) is 15.0. The predicted octanol–water partition coefficient (Wildman–Crippen LogP) is 4.58. The number of hydrogen-bond acceptors (Lipinski definition) is 3. The van der Waals surface area contributed by atoms with Gasteiger partial charge in [-0.05, 0) is 42.5 Å². The minimum absolute atomic E-state index is 0.249. The summed E-state index contributed by atoms with van der Waals surface area (Å²) in [6.07, 6.45) is 1.53. The Morgan fingerprint density at radius 3 is 2.56 bits per heavy atom. The maximum Gasteiger partial charge on any atom is 0.248 e. The Hall–Kier alpha value is -2.22. The molecule has 1 heterocycles. The number of nitrogens with one attached hydrogen (secondary N) is 2. The van der Waals surface area contributed by atoms with E-state index in [1.54, 1.807) is 35.0 Å². The third-order valence-electron chi connectivity index (χ3n) is 3.23. The van der Waals surface area contributed by atoms with E-state index in [0.717, 1.165) is 5.56 Å². The SMILES string of the molecule is Fc1cccc(NC(=S)Nc2ncn(Cc3c(Cl)cccc3Cl)n2)c1. The van der Waals surface area contributed by atoms with Gasteiger partial charge < -0.3 is 5.32 Å². The van der Waals surface area contributed by atoms with Crippen LogP contribution in [0.15, 0.2) is 48.8 Å². The maximum absolute atomic E-state index is 13.2. The molecule has 0 spiro atoms. The number of rotatable bonds is 4. The van der Waals surface area contributed by atoms with E-state index in [2.05, 4.69) is 20.7 Å². The normalized spacial score (nSPS) is 10.5. The molecule has 0 aliphatic carbocycles. The quantitative estimate of drug-likeness (QED) is 0.633. The van der Waals surface area contributed by atoms with Gasteiger partial charge in [-0.25, -0.2) is 14.1 Å². The van der Waals surface area contributed by atoms with Crippen LogP contribution in [0.3, 0.4) is 0 Å². The third kappa shape index (κ3) is 4.66. The minimum atomic E-state index is -0.355. The molecule has 0 unspecified atom stereocenters. The molecule has 0 saturated carbocycles. The molecule has 0 aliphatic rings. The van der Waals surface area contributed by atoms with Gasteiger partial charge >= 0.3 is 0 Å². The highest BCUT2D eigenvalue weighted by Crippen LogP contribution is 2.24. The maximum atomic E-state index is 13.2. The largest absolute Gasteiger partial charge is 0.332 e. The van der Waals surface area contributed by atoms with Crippen LogP contribution in [-0.4, -0.2) is 19.9 Å². The first-order chi connectivity index (χ1) is 12.0. The van der Waals surface area contributed by atoms with Crippen molar-refractivity contribution in [3.05, 3.63) is 70.2 Å². The second-order valence-corrected chi connectivity index (χ2v) is 6.28. The second kappa shape index (κ2) is 7.77. The van der Waals surface area contributed by atoms with E-state index in [0.29, 0.717) is 28.2 Å². The molecule has 0 aliphatic heterocycles. The molecule has 0 bridgehead atoms. The molecule has 0 atom stereocenters. The van der Waals surface area contributed by atoms with E-state index >= 15 is 0 Å². The van der Waals surface area contributed by atoms with Gasteiger partial charge in [0.05, 0.1) is 6.54 Å². The van der Waals surface area contributed by atoms with Crippen LogP contribution in [0.5, 0.6) is 0 Å². The van der Waals surface area contributed by atoms with Crippen LogP contribution in [0.2, 0.25) is 10.0 Å². The predicted molar refractivity (Wildman–Crippen MR) is 102 cm³/mol. The van der Waals surface area contributed by atoms with Crippen LogP contribution in [0, 0.1) is 5.82 Å². The Balaban J connectivity index is 1.64. The van der Waals surface area contributed by atoms with Gasteiger partial charge in [0, 0.05) is 21.3 Å². The fourth-order valence-electron chi connectivity index (χ4n) is 2.10. The van der Waals surface area contributed by atoms with Crippen molar-refractivity contribution in [3.8, 4) is 0 Å². The molecule has 9 heteroatoms. The lowest BCUT2D eigenvalue weighted by Crippen LogP contribution is -2.20. The zero-order chi connectivity index (χ0) is 17.8. The van der Waals surface area contributed by atoms with Crippen LogP contribution < -0.4 is 10.6 Å². The van der Waals surface area contributed by atoms with Gasteiger partial charge in [-0.2, -0.15) is 0 Å². The van der Waals surface area contributed by atoms with E-state index in [-0.39, 0.29) is 10.9 Å². The summed E-state index contributed by atoms with van der Waals surface area (Å²) in [5.41, 5.74) is 1.28. The summed E-state index contributed by atoms with van der Waals surface area (Å²) in [7, 11) is 0. The number of halogens is 3. The van der Waals surface area contributed by atoms with Crippen molar-refractivity contribution in [2.24, 2.45) is 0 Å². The summed E-state index contributed by atoms with van der Waals surface area (Å²) in [5, 5.41) is 11.3. The standard InChI is InChI=1S/C16H12Cl2FN5S/c17-13-5-2-6-14(18)12(13)8-24-9-20-15(23-24)22-16(25)21-11-4-1-3-10(19)7-11/h1-7,9H,8H2,(H2,21,22,23,25). The van der Waals surface area contributed by atoms with Gasteiger partial charge in [0.15, 0.2) is 5.11 Å². The van der Waals surface area contributed by atoms with Crippen molar-refractivity contribution in [1.29, 1.82) is 0 Å². The first kappa shape index (κ1) is 17.6. The van der Waals surface area contributed by atoms with Crippen molar-refractivity contribution in [1.82, 2.24) is 14.8 Å². The molecule has 3 aromatic rings. The van der Waals surface area contributed by atoms with Gasteiger partial charge in [-0.15, -0.1) is 5.10 Å². The van der Waals surface area contributed by atoms with Crippen LogP contribution in [0.25, 0.3) is 0 Å². The Bertz CT molecular complexity index is 895. The summed E-state index contributed by atoms with van der Waals surface area (Å²) in [4.78, 5) is 4.12. The van der Waals surface area contributed by atoms with Crippen LogP contribution >= 0.6 is 35.4 Å². The molecular formula is C16H12Cl2FN5S. The molecule has 2 N–H and O–H groups in total. The fraction of sp³-hybridized carbons (Fsp3) is 0.0625. The van der Waals surface area contributed by atoms with Crippen molar-refractivity contribution in [2.45, 2.75) is 6.54 Å². The van der Waals surface area contributed by atoms with Crippen molar-refractivity contribution in [2.75, 3.05) is 10.6 Å². The molecule has 128 valence electrons. The molecule has 5 nitrogen and oxygen atoms in total. The Labute approximate surface area is 158 Å². The van der Waals surface area contributed by atoms with Gasteiger partial charge in [-0.3, -0.25) is 5.32 Å². The summed E-state index contributed by atoms with van der Waals surface area (Å²) >= 11 is 17.5. The topological polar surface area (TPSA) is 54.8 Å². The number of anilines is 2. The van der Waals surface area contributed by atoms with Gasteiger partial charge in [0.25, 0.3) is 0 Å². The first-order valence-electron chi connectivity index (χ1n) is 7.17. The number of aromatic nitrogens is 3. The van der Waals surface area contributed by atoms with E-state index in [9.17, 15) is 4.39 Å². The highest BCUT2D eigenvalue weighted by molar-refractivity contribution is 7.80. The lowest BCUT2D eigenvalue weighted by atomic mass is 10.2. The van der Waals surface area contributed by atoms with Gasteiger partial charge in [-0.1, -0.05) is 35.3 Å². The Morgan fingerprint density at radius 1 is 1.12 bits per heavy atom. The summed E-state index contributed by atoms with van der Waals surface area (Å²) in [6, 6.07) is 11.3. The van der Waals surface area contributed by atoms with Crippen molar-refractivity contribution >= 4 is 52.2 Å². The Kier molecular flexibility index (Phi) is 5.47. The molecule has 25 heavy (non-hydrogen) atoms. The number of benzene rings is 2. The molecule has 1 aromatic heterocycles. The molecular weight excluding hydrogens is 384 g/mol. The second-order valence-electron chi connectivity index (χ2n) is 5.06. The van der Waals surface area contributed by atoms with E-state index in [4.69, 9.17) is 35.4 Å². The number of hydrogen-bond donors (Lipinski definition) is 2. The fourth-order valence-corrected chi connectivity index (χ4v) is 2.83.